The number of ether oxygens (including phenoxy) is 1. The number of amides is 1. The number of halogens is 1. The number of carbonyl (C=O) groups is 1. The molecular weight excluding hydrogens is 363 g/mol. The van der Waals surface area contributed by atoms with E-state index in [0.717, 1.165) is 17.7 Å². The summed E-state index contributed by atoms with van der Waals surface area (Å²) in [6.07, 6.45) is -0.0157. The topological polar surface area (TPSA) is 62.1 Å². The predicted octanol–water partition coefficient (Wildman–Crippen LogP) is 4.45. The predicted molar refractivity (Wildman–Crippen MR) is 103 cm³/mol. The summed E-state index contributed by atoms with van der Waals surface area (Å²) >= 11 is 1.47. The molecule has 1 aliphatic rings. The van der Waals surface area contributed by atoms with Crippen molar-refractivity contribution in [1.82, 2.24) is 5.32 Å². The van der Waals surface area contributed by atoms with Crippen LogP contribution in [0.5, 0.6) is 5.75 Å². The van der Waals surface area contributed by atoms with Gasteiger partial charge in [-0.05, 0) is 36.1 Å². The highest BCUT2D eigenvalue weighted by atomic mass is 32.2. The van der Waals surface area contributed by atoms with Crippen LogP contribution in [0.25, 0.3) is 0 Å². The molecule has 0 saturated carbocycles. The van der Waals surface area contributed by atoms with Gasteiger partial charge in [-0.2, -0.15) is 5.26 Å². The number of hydrogen-bond acceptors (Lipinski definition) is 4. The van der Waals surface area contributed by atoms with Crippen molar-refractivity contribution in [2.24, 2.45) is 5.92 Å². The second kappa shape index (κ2) is 8.45. The Morgan fingerprint density at radius 1 is 1.30 bits per heavy atom. The first-order valence-electron chi connectivity index (χ1n) is 8.88. The van der Waals surface area contributed by atoms with Crippen LogP contribution in [-0.4, -0.2) is 17.8 Å². The number of nitrogens with zero attached hydrogens (tertiary/aromatic N) is 1. The molecule has 1 amide bonds. The number of thioether (sulfide) groups is 1. The van der Waals surface area contributed by atoms with Gasteiger partial charge in [0.15, 0.2) is 6.10 Å². The van der Waals surface area contributed by atoms with Crippen LogP contribution in [0.2, 0.25) is 0 Å². The van der Waals surface area contributed by atoms with E-state index in [1.54, 1.807) is 30.3 Å². The average Bonchev–Trinajstić information content (AvgIpc) is 2.67. The first-order valence-corrected chi connectivity index (χ1v) is 9.87. The third-order valence-corrected chi connectivity index (χ3v) is 5.63. The summed E-state index contributed by atoms with van der Waals surface area (Å²) in [5.41, 5.74) is 1.19. The van der Waals surface area contributed by atoms with Crippen molar-refractivity contribution in [3.63, 3.8) is 0 Å². The van der Waals surface area contributed by atoms with Crippen molar-refractivity contribution in [3.05, 3.63) is 59.4 Å². The largest absolute Gasteiger partial charge is 0.479 e. The molecule has 1 aliphatic heterocycles. The summed E-state index contributed by atoms with van der Waals surface area (Å²) in [4.78, 5) is 13.5. The fourth-order valence-electron chi connectivity index (χ4n) is 3.08. The van der Waals surface area contributed by atoms with Gasteiger partial charge in [-0.3, -0.25) is 4.79 Å². The van der Waals surface area contributed by atoms with E-state index < -0.39 is 6.10 Å². The second-order valence-corrected chi connectivity index (χ2v) is 7.85. The zero-order valence-corrected chi connectivity index (χ0v) is 16.1. The lowest BCUT2D eigenvalue weighted by Gasteiger charge is -2.29. The minimum atomic E-state index is -0.744. The van der Waals surface area contributed by atoms with Gasteiger partial charge in [-0.1, -0.05) is 38.1 Å². The molecule has 0 spiro atoms. The van der Waals surface area contributed by atoms with Gasteiger partial charge in [-0.15, -0.1) is 11.8 Å². The Kier molecular flexibility index (Phi) is 6.02. The molecule has 4 nitrogen and oxygen atoms in total. The third kappa shape index (κ3) is 4.25. The van der Waals surface area contributed by atoms with Crippen LogP contribution in [0, 0.1) is 23.1 Å². The number of fused-ring (bicyclic) bond motifs is 1. The Morgan fingerprint density at radius 3 is 2.81 bits per heavy atom. The van der Waals surface area contributed by atoms with E-state index in [4.69, 9.17) is 4.74 Å². The molecule has 1 heterocycles. The summed E-state index contributed by atoms with van der Waals surface area (Å²) in [5, 5.41) is 12.3. The first-order chi connectivity index (χ1) is 13.0. The van der Waals surface area contributed by atoms with E-state index in [0.29, 0.717) is 16.2 Å². The molecule has 6 heteroatoms. The smallest absolute Gasteiger partial charge is 0.261 e. The fourth-order valence-corrected chi connectivity index (χ4v) is 4.22. The number of nitrogens with one attached hydrogen (secondary N) is 1. The van der Waals surface area contributed by atoms with Gasteiger partial charge < -0.3 is 10.1 Å². The van der Waals surface area contributed by atoms with Crippen molar-refractivity contribution >= 4 is 17.7 Å². The van der Waals surface area contributed by atoms with Crippen LogP contribution < -0.4 is 10.1 Å². The number of hydrogen-bond donors (Lipinski definition) is 1. The normalized spacial score (nSPS) is 16.9. The lowest BCUT2D eigenvalue weighted by atomic mass is 10.0. The molecule has 0 fully saturated rings. The molecule has 2 aromatic carbocycles. The molecule has 1 N–H and O–H groups in total. The van der Waals surface area contributed by atoms with E-state index in [2.05, 4.69) is 11.4 Å². The van der Waals surface area contributed by atoms with Crippen LogP contribution in [0.3, 0.4) is 0 Å². The molecular formula is C21H21FN2O2S. The Morgan fingerprint density at radius 2 is 2.07 bits per heavy atom. The van der Waals surface area contributed by atoms with Crippen molar-refractivity contribution in [2.45, 2.75) is 37.3 Å². The molecule has 0 radical (unpaired) electrons. The van der Waals surface area contributed by atoms with Gasteiger partial charge in [0.05, 0.1) is 11.6 Å². The van der Waals surface area contributed by atoms with Crippen molar-refractivity contribution in [1.29, 1.82) is 5.26 Å². The van der Waals surface area contributed by atoms with Crippen LogP contribution in [0.4, 0.5) is 4.39 Å². The van der Waals surface area contributed by atoms with Crippen LogP contribution in [-0.2, 0) is 4.79 Å². The number of para-hydroxylation sites is 1. The van der Waals surface area contributed by atoms with Crippen LogP contribution in [0.1, 0.15) is 37.4 Å². The van der Waals surface area contributed by atoms with Crippen molar-refractivity contribution in [3.8, 4) is 11.8 Å². The molecule has 2 unspecified atom stereocenters. The Hall–Kier alpha value is -2.52. The number of nitriles is 1. The molecule has 3 rings (SSSR count). The summed E-state index contributed by atoms with van der Waals surface area (Å²) in [6, 6.07) is 13.6. The van der Waals surface area contributed by atoms with Gasteiger partial charge in [0.1, 0.15) is 17.6 Å². The summed E-state index contributed by atoms with van der Waals surface area (Å²) in [5.74, 6) is 0.519. The average molecular weight is 384 g/mol. The third-order valence-electron chi connectivity index (χ3n) is 4.47. The first kappa shape index (κ1) is 19.2. The number of benzene rings is 2. The molecule has 0 saturated heterocycles. The highest BCUT2D eigenvalue weighted by molar-refractivity contribution is 7.99. The maximum Gasteiger partial charge on any atom is 0.261 e. The lowest BCUT2D eigenvalue weighted by molar-refractivity contribution is -0.130. The summed E-state index contributed by atoms with van der Waals surface area (Å²) in [7, 11) is 0. The van der Waals surface area contributed by atoms with Crippen molar-refractivity contribution < 1.29 is 13.9 Å². The Bertz CT molecular complexity index is 879. The number of carbonyl (C=O) groups excluding carboxylic acids is 1. The summed E-state index contributed by atoms with van der Waals surface area (Å²) in [6.45, 7) is 3.78. The molecule has 0 bridgehead atoms. The zero-order valence-electron chi connectivity index (χ0n) is 15.2. The van der Waals surface area contributed by atoms with Crippen molar-refractivity contribution in [2.75, 3.05) is 5.75 Å². The van der Waals surface area contributed by atoms with Gasteiger partial charge >= 0.3 is 0 Å². The maximum atomic E-state index is 14.1. The molecule has 0 aromatic heterocycles. The lowest BCUT2D eigenvalue weighted by Crippen LogP contribution is -2.44. The highest BCUT2D eigenvalue weighted by Crippen LogP contribution is 2.37. The summed E-state index contributed by atoms with van der Waals surface area (Å²) < 4.78 is 20.0. The van der Waals surface area contributed by atoms with Gasteiger partial charge in [-0.25, -0.2) is 4.39 Å². The highest BCUT2D eigenvalue weighted by Gasteiger charge is 2.30. The van der Waals surface area contributed by atoms with Crippen LogP contribution in [0.15, 0.2) is 47.4 Å². The Labute approximate surface area is 162 Å². The van der Waals surface area contributed by atoms with Gasteiger partial charge in [0, 0.05) is 10.6 Å². The monoisotopic (exact) mass is 384 g/mol. The minimum Gasteiger partial charge on any atom is -0.479 e. The van der Waals surface area contributed by atoms with E-state index >= 15 is 0 Å². The zero-order chi connectivity index (χ0) is 19.4. The molecule has 140 valence electrons. The minimum absolute atomic E-state index is 0.0957. The van der Waals surface area contributed by atoms with Gasteiger partial charge in [0.2, 0.25) is 0 Å². The Balaban J connectivity index is 1.80. The molecule has 27 heavy (non-hydrogen) atoms. The van der Waals surface area contributed by atoms with E-state index in [-0.39, 0.29) is 23.7 Å². The van der Waals surface area contributed by atoms with E-state index in [1.807, 2.05) is 19.9 Å². The maximum absolute atomic E-state index is 14.1. The molecule has 2 atom stereocenters. The van der Waals surface area contributed by atoms with Crippen LogP contribution >= 0.6 is 11.8 Å². The standard InChI is InChI=1S/C21H21FN2O2S/c1-13(2)19(26-18-9-4-3-6-14(18)12-23)21(25)24-17-10-11-27-20-15(17)7-5-8-16(20)22/h3-9,13,17,19H,10-11H2,1-2H3,(H,24,25). The fraction of sp³-hybridized carbons (Fsp3) is 0.333. The number of rotatable bonds is 5. The SMILES string of the molecule is CC(C)C(Oc1ccccc1C#N)C(=O)NC1CCSc2c(F)cccc21. The van der Waals surface area contributed by atoms with Gasteiger partial charge in [0.25, 0.3) is 5.91 Å². The van der Waals surface area contributed by atoms with E-state index in [9.17, 15) is 14.4 Å². The quantitative estimate of drug-likeness (QED) is 0.827. The second-order valence-electron chi connectivity index (χ2n) is 6.75. The van der Waals surface area contributed by atoms with E-state index in [1.165, 1.54) is 17.8 Å². The molecule has 2 aromatic rings. The molecule has 0 aliphatic carbocycles.